The molecule has 1 heterocycles. The van der Waals surface area contributed by atoms with Crippen molar-refractivity contribution in [2.24, 2.45) is 10.9 Å². The van der Waals surface area contributed by atoms with Gasteiger partial charge < -0.3 is 20.8 Å². The average Bonchev–Trinajstić information content (AvgIpc) is 2.63. The summed E-state index contributed by atoms with van der Waals surface area (Å²) in [6.07, 6.45) is 1.19. The minimum Gasteiger partial charge on any atom is -0.409 e. The summed E-state index contributed by atoms with van der Waals surface area (Å²) in [5.41, 5.74) is 5.29. The van der Waals surface area contributed by atoms with Crippen LogP contribution in [-0.2, 0) is 6.42 Å². The third kappa shape index (κ3) is 4.41. The van der Waals surface area contributed by atoms with E-state index in [1.54, 1.807) is 6.92 Å². The Hall–Kier alpha value is -1.63. The molecular weight excluding hydrogens is 198 g/mol. The second kappa shape index (κ2) is 5.97. The standard InChI is InChI=1S/C8H15N5O2/c1-6-11-8(15-13-6)3-5-10-4-2-7(9)12-14/h10,14H,2-5H2,1H3,(H2,9,12). The molecule has 1 aromatic rings. The molecule has 0 aromatic carbocycles. The molecule has 0 spiro atoms. The van der Waals surface area contributed by atoms with Crippen LogP contribution in [0.2, 0.25) is 0 Å². The van der Waals surface area contributed by atoms with Gasteiger partial charge in [0.25, 0.3) is 0 Å². The molecule has 1 rings (SSSR count). The van der Waals surface area contributed by atoms with Crippen molar-refractivity contribution in [3.63, 3.8) is 0 Å². The Bertz CT molecular complexity index is 323. The predicted octanol–water partition coefficient (Wildman–Crippen LogP) is -0.353. The molecule has 0 aliphatic rings. The first-order valence-corrected chi connectivity index (χ1v) is 4.68. The molecule has 0 atom stereocenters. The fourth-order valence-corrected chi connectivity index (χ4v) is 1.03. The van der Waals surface area contributed by atoms with E-state index in [2.05, 4.69) is 20.6 Å². The van der Waals surface area contributed by atoms with Gasteiger partial charge in [-0.15, -0.1) is 0 Å². The van der Waals surface area contributed by atoms with E-state index in [1.165, 1.54) is 0 Å². The molecule has 0 fully saturated rings. The van der Waals surface area contributed by atoms with Gasteiger partial charge in [0.1, 0.15) is 5.84 Å². The van der Waals surface area contributed by atoms with Gasteiger partial charge in [0.2, 0.25) is 5.89 Å². The molecule has 4 N–H and O–H groups in total. The van der Waals surface area contributed by atoms with Crippen LogP contribution in [0.5, 0.6) is 0 Å². The summed E-state index contributed by atoms with van der Waals surface area (Å²) in [5, 5.41) is 17.9. The zero-order chi connectivity index (χ0) is 11.1. The number of aryl methyl sites for hydroxylation is 1. The highest BCUT2D eigenvalue weighted by molar-refractivity contribution is 5.79. The van der Waals surface area contributed by atoms with Crippen LogP contribution in [0.25, 0.3) is 0 Å². The molecule has 7 nitrogen and oxygen atoms in total. The first-order chi connectivity index (χ1) is 7.22. The topological polar surface area (TPSA) is 110 Å². The average molecular weight is 213 g/mol. The summed E-state index contributed by atoms with van der Waals surface area (Å²) >= 11 is 0. The molecule has 15 heavy (non-hydrogen) atoms. The zero-order valence-electron chi connectivity index (χ0n) is 8.60. The van der Waals surface area contributed by atoms with Crippen molar-refractivity contribution < 1.29 is 9.73 Å². The van der Waals surface area contributed by atoms with Crippen molar-refractivity contribution in [1.29, 1.82) is 0 Å². The van der Waals surface area contributed by atoms with Crippen LogP contribution in [0, 0.1) is 6.92 Å². The fourth-order valence-electron chi connectivity index (χ4n) is 1.03. The maximum Gasteiger partial charge on any atom is 0.227 e. The van der Waals surface area contributed by atoms with E-state index < -0.39 is 0 Å². The number of nitrogens with two attached hydrogens (primary N) is 1. The molecule has 1 aromatic heterocycles. The minimum absolute atomic E-state index is 0.219. The molecule has 0 radical (unpaired) electrons. The lowest BCUT2D eigenvalue weighted by Crippen LogP contribution is -2.24. The van der Waals surface area contributed by atoms with Gasteiger partial charge in [-0.25, -0.2) is 0 Å². The van der Waals surface area contributed by atoms with Crippen LogP contribution in [0.15, 0.2) is 9.68 Å². The van der Waals surface area contributed by atoms with Crippen LogP contribution in [0.4, 0.5) is 0 Å². The smallest absolute Gasteiger partial charge is 0.227 e. The van der Waals surface area contributed by atoms with Crippen LogP contribution in [0.3, 0.4) is 0 Å². The van der Waals surface area contributed by atoms with Crippen LogP contribution < -0.4 is 11.1 Å². The van der Waals surface area contributed by atoms with Crippen LogP contribution in [-0.4, -0.2) is 34.3 Å². The van der Waals surface area contributed by atoms with E-state index in [1.807, 2.05) is 0 Å². The van der Waals surface area contributed by atoms with Gasteiger partial charge in [-0.3, -0.25) is 0 Å². The SMILES string of the molecule is Cc1noc(CCNCCC(N)=NO)n1. The van der Waals surface area contributed by atoms with E-state index in [-0.39, 0.29) is 5.84 Å². The predicted molar refractivity (Wildman–Crippen MR) is 53.6 cm³/mol. The van der Waals surface area contributed by atoms with Crippen molar-refractivity contribution in [2.75, 3.05) is 13.1 Å². The van der Waals surface area contributed by atoms with Gasteiger partial charge in [0, 0.05) is 25.9 Å². The van der Waals surface area contributed by atoms with E-state index in [4.69, 9.17) is 15.5 Å². The molecule has 0 aliphatic carbocycles. The molecule has 0 unspecified atom stereocenters. The minimum atomic E-state index is 0.219. The van der Waals surface area contributed by atoms with E-state index >= 15 is 0 Å². The lowest BCUT2D eigenvalue weighted by Gasteiger charge is -2.00. The maximum atomic E-state index is 8.27. The highest BCUT2D eigenvalue weighted by Gasteiger charge is 2.01. The fraction of sp³-hybridized carbons (Fsp3) is 0.625. The number of aromatic nitrogens is 2. The molecule has 0 bridgehead atoms. The normalized spacial score (nSPS) is 11.9. The molecule has 0 saturated heterocycles. The third-order valence-electron chi connectivity index (χ3n) is 1.77. The van der Waals surface area contributed by atoms with Crippen molar-refractivity contribution in [2.45, 2.75) is 19.8 Å². The highest BCUT2D eigenvalue weighted by atomic mass is 16.5. The van der Waals surface area contributed by atoms with E-state index in [0.29, 0.717) is 31.1 Å². The zero-order valence-corrected chi connectivity index (χ0v) is 8.60. The van der Waals surface area contributed by atoms with Crippen LogP contribution >= 0.6 is 0 Å². The lowest BCUT2D eigenvalue weighted by atomic mass is 10.3. The molecule has 0 aliphatic heterocycles. The number of hydrogen-bond acceptors (Lipinski definition) is 6. The van der Waals surface area contributed by atoms with Crippen LogP contribution in [0.1, 0.15) is 18.1 Å². The number of nitrogens with zero attached hydrogens (tertiary/aromatic N) is 3. The van der Waals surface area contributed by atoms with Gasteiger partial charge in [0.05, 0.1) is 0 Å². The number of hydrogen-bond donors (Lipinski definition) is 3. The largest absolute Gasteiger partial charge is 0.409 e. The first kappa shape index (κ1) is 11.4. The quantitative estimate of drug-likeness (QED) is 0.196. The lowest BCUT2D eigenvalue weighted by molar-refractivity contribution is 0.316. The number of nitrogens with one attached hydrogen (secondary N) is 1. The second-order valence-corrected chi connectivity index (χ2v) is 3.08. The molecule has 7 heteroatoms. The van der Waals surface area contributed by atoms with Gasteiger partial charge in [-0.2, -0.15) is 4.98 Å². The Balaban J connectivity index is 2.07. The number of amidine groups is 1. The van der Waals surface area contributed by atoms with Crippen molar-refractivity contribution >= 4 is 5.84 Å². The Morgan fingerprint density at radius 3 is 3.00 bits per heavy atom. The van der Waals surface area contributed by atoms with Crippen molar-refractivity contribution in [3.05, 3.63) is 11.7 Å². The third-order valence-corrected chi connectivity index (χ3v) is 1.77. The van der Waals surface area contributed by atoms with Gasteiger partial charge in [0.15, 0.2) is 5.82 Å². The highest BCUT2D eigenvalue weighted by Crippen LogP contribution is 1.95. The summed E-state index contributed by atoms with van der Waals surface area (Å²) < 4.78 is 4.92. The Morgan fingerprint density at radius 2 is 2.40 bits per heavy atom. The monoisotopic (exact) mass is 213 g/mol. The molecule has 0 saturated carbocycles. The van der Waals surface area contributed by atoms with E-state index in [0.717, 1.165) is 6.54 Å². The first-order valence-electron chi connectivity index (χ1n) is 4.68. The summed E-state index contributed by atoms with van der Waals surface area (Å²) in [7, 11) is 0. The summed E-state index contributed by atoms with van der Waals surface area (Å²) in [5.74, 6) is 1.47. The summed E-state index contributed by atoms with van der Waals surface area (Å²) in [6.45, 7) is 3.15. The summed E-state index contributed by atoms with van der Waals surface area (Å²) in [6, 6.07) is 0. The number of oxime groups is 1. The van der Waals surface area contributed by atoms with E-state index in [9.17, 15) is 0 Å². The molecule has 0 amide bonds. The van der Waals surface area contributed by atoms with Gasteiger partial charge >= 0.3 is 0 Å². The van der Waals surface area contributed by atoms with Crippen molar-refractivity contribution in [1.82, 2.24) is 15.5 Å². The molecule has 84 valence electrons. The maximum absolute atomic E-state index is 8.27. The molecular formula is C8H15N5O2. The Morgan fingerprint density at radius 1 is 1.60 bits per heavy atom. The van der Waals surface area contributed by atoms with Gasteiger partial charge in [-0.05, 0) is 6.92 Å². The number of rotatable bonds is 6. The van der Waals surface area contributed by atoms with Crippen molar-refractivity contribution in [3.8, 4) is 0 Å². The second-order valence-electron chi connectivity index (χ2n) is 3.08. The van der Waals surface area contributed by atoms with Gasteiger partial charge in [-0.1, -0.05) is 10.3 Å². The summed E-state index contributed by atoms with van der Waals surface area (Å²) in [4.78, 5) is 4.05. The Labute approximate surface area is 87.3 Å². The Kier molecular flexibility index (Phi) is 4.55.